The highest BCUT2D eigenvalue weighted by molar-refractivity contribution is 6.30. The van der Waals surface area contributed by atoms with Crippen molar-refractivity contribution in [2.45, 2.75) is 58.5 Å². The van der Waals surface area contributed by atoms with Crippen molar-refractivity contribution in [3.05, 3.63) is 34.9 Å². The lowest BCUT2D eigenvalue weighted by Gasteiger charge is -2.40. The summed E-state index contributed by atoms with van der Waals surface area (Å²) < 4.78 is 0. The molecular weight excluding hydrogens is 242 g/mol. The molecule has 1 aliphatic carbocycles. The van der Waals surface area contributed by atoms with Crippen molar-refractivity contribution >= 4 is 11.6 Å². The summed E-state index contributed by atoms with van der Waals surface area (Å²) in [5.74, 6) is 0. The minimum Gasteiger partial charge on any atom is -0.307 e. The van der Waals surface area contributed by atoms with Crippen LogP contribution in [0.15, 0.2) is 24.3 Å². The zero-order chi connectivity index (χ0) is 13.2. The lowest BCUT2D eigenvalue weighted by atomic mass is 9.73. The molecule has 0 saturated heterocycles. The third-order valence-electron chi connectivity index (χ3n) is 4.33. The topological polar surface area (TPSA) is 12.0 Å². The maximum atomic E-state index is 5.93. The van der Waals surface area contributed by atoms with Crippen LogP contribution in [0.1, 0.15) is 58.1 Å². The Morgan fingerprint density at radius 1 is 1.22 bits per heavy atom. The Morgan fingerprint density at radius 3 is 2.50 bits per heavy atom. The maximum absolute atomic E-state index is 5.93. The fraction of sp³-hybridized carbons (Fsp3) is 0.625. The lowest BCUT2D eigenvalue weighted by molar-refractivity contribution is 0.157. The Balaban J connectivity index is 2.02. The normalized spacial score (nSPS) is 24.8. The molecule has 1 N–H and O–H groups in total. The molecule has 1 saturated carbocycles. The molecule has 1 nitrogen and oxygen atoms in total. The predicted octanol–water partition coefficient (Wildman–Crippen LogP) is 4.96. The van der Waals surface area contributed by atoms with Crippen LogP contribution in [0, 0.1) is 5.41 Å². The van der Waals surface area contributed by atoms with Crippen LogP contribution < -0.4 is 5.32 Å². The van der Waals surface area contributed by atoms with Gasteiger partial charge in [0, 0.05) is 17.1 Å². The first-order valence-corrected chi connectivity index (χ1v) is 7.38. The molecule has 1 aromatic carbocycles. The van der Waals surface area contributed by atoms with Crippen molar-refractivity contribution in [2.75, 3.05) is 0 Å². The van der Waals surface area contributed by atoms with Crippen LogP contribution in [0.5, 0.6) is 0 Å². The number of halogens is 1. The van der Waals surface area contributed by atoms with Crippen LogP contribution >= 0.6 is 11.6 Å². The summed E-state index contributed by atoms with van der Waals surface area (Å²) in [6, 6.07) is 9.20. The smallest absolute Gasteiger partial charge is 0.0406 e. The zero-order valence-corrected chi connectivity index (χ0v) is 12.4. The molecule has 0 spiro atoms. The average molecular weight is 266 g/mol. The van der Waals surface area contributed by atoms with Gasteiger partial charge in [-0.15, -0.1) is 0 Å². The zero-order valence-electron chi connectivity index (χ0n) is 11.7. The summed E-state index contributed by atoms with van der Waals surface area (Å²) in [6.45, 7) is 7.02. The predicted molar refractivity (Wildman–Crippen MR) is 79.0 cm³/mol. The number of hydrogen-bond donors (Lipinski definition) is 1. The molecule has 0 aliphatic heterocycles. The second-order valence-corrected chi connectivity index (χ2v) is 6.66. The molecule has 1 fully saturated rings. The van der Waals surface area contributed by atoms with Crippen molar-refractivity contribution in [3.63, 3.8) is 0 Å². The van der Waals surface area contributed by atoms with Crippen LogP contribution in [0.25, 0.3) is 0 Å². The van der Waals surface area contributed by atoms with Crippen molar-refractivity contribution < 1.29 is 0 Å². The largest absolute Gasteiger partial charge is 0.307 e. The Labute approximate surface area is 116 Å². The van der Waals surface area contributed by atoms with Gasteiger partial charge in [0.25, 0.3) is 0 Å². The molecule has 0 amide bonds. The maximum Gasteiger partial charge on any atom is 0.0406 e. The average Bonchev–Trinajstić information content (AvgIpc) is 2.32. The van der Waals surface area contributed by atoms with E-state index >= 15 is 0 Å². The number of nitrogens with one attached hydrogen (secondary N) is 1. The highest BCUT2D eigenvalue weighted by Gasteiger charge is 2.32. The Morgan fingerprint density at radius 2 is 1.89 bits per heavy atom. The second kappa shape index (κ2) is 5.63. The summed E-state index contributed by atoms with van der Waals surface area (Å²) in [4.78, 5) is 0. The molecule has 2 rings (SSSR count). The third kappa shape index (κ3) is 3.27. The molecular formula is C16H24ClN. The fourth-order valence-corrected chi connectivity index (χ4v) is 3.08. The first kappa shape index (κ1) is 13.9. The van der Waals surface area contributed by atoms with Crippen LogP contribution in [0.3, 0.4) is 0 Å². The van der Waals surface area contributed by atoms with Gasteiger partial charge in [0.15, 0.2) is 0 Å². The van der Waals surface area contributed by atoms with Crippen molar-refractivity contribution in [2.24, 2.45) is 5.41 Å². The molecule has 2 atom stereocenters. The van der Waals surface area contributed by atoms with Gasteiger partial charge >= 0.3 is 0 Å². The minimum absolute atomic E-state index is 0.393. The van der Waals surface area contributed by atoms with E-state index in [2.05, 4.69) is 38.2 Å². The van der Waals surface area contributed by atoms with Crippen LogP contribution in [0.4, 0.5) is 0 Å². The van der Waals surface area contributed by atoms with Gasteiger partial charge in [-0.1, -0.05) is 50.4 Å². The summed E-state index contributed by atoms with van der Waals surface area (Å²) >= 11 is 5.93. The molecule has 100 valence electrons. The van der Waals surface area contributed by atoms with Crippen molar-refractivity contribution in [1.29, 1.82) is 0 Å². The Hall–Kier alpha value is -0.530. The van der Waals surface area contributed by atoms with Gasteiger partial charge in [0.2, 0.25) is 0 Å². The van der Waals surface area contributed by atoms with Crippen LogP contribution in [-0.2, 0) is 0 Å². The molecule has 0 bridgehead atoms. The highest BCUT2D eigenvalue weighted by atomic mass is 35.5. The monoisotopic (exact) mass is 265 g/mol. The summed E-state index contributed by atoms with van der Waals surface area (Å²) in [5, 5.41) is 4.61. The molecule has 0 aromatic heterocycles. The molecule has 1 aliphatic rings. The molecule has 0 radical (unpaired) electrons. The van der Waals surface area contributed by atoms with Crippen molar-refractivity contribution in [3.8, 4) is 0 Å². The van der Waals surface area contributed by atoms with Gasteiger partial charge in [0.05, 0.1) is 0 Å². The molecule has 2 unspecified atom stereocenters. The summed E-state index contributed by atoms with van der Waals surface area (Å²) in [7, 11) is 0. The SMILES string of the molecule is CC(NC1CCCCC1(C)C)c1ccc(Cl)cc1. The van der Waals surface area contributed by atoms with Gasteiger partial charge < -0.3 is 5.32 Å². The highest BCUT2D eigenvalue weighted by Crippen LogP contribution is 2.36. The van der Waals surface area contributed by atoms with E-state index < -0.39 is 0 Å². The van der Waals surface area contributed by atoms with Crippen LogP contribution in [0.2, 0.25) is 5.02 Å². The van der Waals surface area contributed by atoms with E-state index in [9.17, 15) is 0 Å². The van der Waals surface area contributed by atoms with E-state index in [0.717, 1.165) is 5.02 Å². The van der Waals surface area contributed by atoms with E-state index in [-0.39, 0.29) is 0 Å². The standard InChI is InChI=1S/C16H24ClN/c1-12(13-7-9-14(17)10-8-13)18-15-6-4-5-11-16(15,2)3/h7-10,12,15,18H,4-6,11H2,1-3H3. The van der Waals surface area contributed by atoms with Gasteiger partial charge in [-0.3, -0.25) is 0 Å². The number of rotatable bonds is 3. The van der Waals surface area contributed by atoms with E-state index in [4.69, 9.17) is 11.6 Å². The quantitative estimate of drug-likeness (QED) is 0.815. The lowest BCUT2D eigenvalue weighted by Crippen LogP contribution is -2.45. The van der Waals surface area contributed by atoms with Gasteiger partial charge in [-0.25, -0.2) is 0 Å². The molecule has 1 aromatic rings. The molecule has 0 heterocycles. The van der Waals surface area contributed by atoms with Crippen LogP contribution in [-0.4, -0.2) is 6.04 Å². The summed E-state index contributed by atoms with van der Waals surface area (Å²) in [6.07, 6.45) is 5.36. The Bertz CT molecular complexity index is 383. The summed E-state index contributed by atoms with van der Waals surface area (Å²) in [5.41, 5.74) is 1.74. The van der Waals surface area contributed by atoms with Gasteiger partial charge in [-0.05, 0) is 42.9 Å². The van der Waals surface area contributed by atoms with E-state index in [1.54, 1.807) is 0 Å². The second-order valence-electron chi connectivity index (χ2n) is 6.23. The first-order chi connectivity index (χ1) is 8.49. The van der Waals surface area contributed by atoms with E-state index in [1.807, 2.05) is 12.1 Å². The minimum atomic E-state index is 0.393. The first-order valence-electron chi connectivity index (χ1n) is 7.00. The van der Waals surface area contributed by atoms with E-state index in [0.29, 0.717) is 17.5 Å². The van der Waals surface area contributed by atoms with Gasteiger partial charge in [-0.2, -0.15) is 0 Å². The fourth-order valence-electron chi connectivity index (χ4n) is 2.95. The number of benzene rings is 1. The molecule has 18 heavy (non-hydrogen) atoms. The third-order valence-corrected chi connectivity index (χ3v) is 4.58. The van der Waals surface area contributed by atoms with Gasteiger partial charge in [0.1, 0.15) is 0 Å². The Kier molecular flexibility index (Phi) is 4.34. The molecule has 2 heteroatoms. The van der Waals surface area contributed by atoms with Crippen molar-refractivity contribution in [1.82, 2.24) is 5.32 Å². The number of hydrogen-bond acceptors (Lipinski definition) is 1. The van der Waals surface area contributed by atoms with E-state index in [1.165, 1.54) is 31.2 Å².